The SMILES string of the molecule is CC1(C)CC(O)[C@]2(C)CC[C@]3(C)C(=CC[C@@H]4[C@@]5(C)CCC(O[C@@H]6OC[C@H](O)[C@H](O)[C@H]6O)[C@](C)(CO)[C@@H]5CC[C@]43C)[C@@H]2C1. The molecule has 5 aliphatic carbocycles. The molecule has 0 spiro atoms. The van der Waals surface area contributed by atoms with E-state index in [1.807, 2.05) is 0 Å². The predicted octanol–water partition coefficient (Wildman–Crippen LogP) is 4.58. The summed E-state index contributed by atoms with van der Waals surface area (Å²) in [4.78, 5) is 0. The standard InChI is InChI=1S/C35H58O7/c1-30(2)16-21-20-8-9-24-32(4)12-11-26(42-29-28(40)27(39)22(37)18-41-29)33(5,19-36)23(32)10-13-35(24,7)34(20,6)15-14-31(21,3)25(38)17-30/h8,21-29,36-40H,9-19H2,1-7H3/t21-,22-,23+,24+,25?,26?,27-,28+,29-,31+,32-,33+,34+,35+/m0/s1. The number of hydrogen-bond acceptors (Lipinski definition) is 7. The van der Waals surface area contributed by atoms with Gasteiger partial charge in [-0.3, -0.25) is 0 Å². The van der Waals surface area contributed by atoms with Crippen LogP contribution in [0.1, 0.15) is 106 Å². The minimum atomic E-state index is -1.33. The van der Waals surface area contributed by atoms with Gasteiger partial charge in [0, 0.05) is 10.8 Å². The fourth-order valence-corrected chi connectivity index (χ4v) is 12.0. The van der Waals surface area contributed by atoms with E-state index in [0.717, 1.165) is 57.8 Å². The minimum absolute atomic E-state index is 0.0128. The van der Waals surface area contributed by atoms with Gasteiger partial charge in [-0.05, 0) is 97.2 Å². The highest BCUT2D eigenvalue weighted by Gasteiger charge is 2.69. The van der Waals surface area contributed by atoms with E-state index in [1.165, 1.54) is 0 Å². The van der Waals surface area contributed by atoms with Gasteiger partial charge in [-0.25, -0.2) is 0 Å². The Morgan fingerprint density at radius 3 is 2.24 bits per heavy atom. The summed E-state index contributed by atoms with van der Waals surface area (Å²) in [6.07, 6.45) is 6.29. The van der Waals surface area contributed by atoms with E-state index < -0.39 is 30.0 Å². The van der Waals surface area contributed by atoms with Crippen LogP contribution in [0.4, 0.5) is 0 Å². The number of rotatable bonds is 3. The molecule has 240 valence electrons. The van der Waals surface area contributed by atoms with Crippen molar-refractivity contribution in [3.63, 3.8) is 0 Å². The van der Waals surface area contributed by atoms with Gasteiger partial charge in [-0.15, -0.1) is 0 Å². The molecule has 0 radical (unpaired) electrons. The van der Waals surface area contributed by atoms with Crippen LogP contribution < -0.4 is 0 Å². The first-order chi connectivity index (χ1) is 19.5. The van der Waals surface area contributed by atoms with E-state index in [4.69, 9.17) is 9.47 Å². The summed E-state index contributed by atoms with van der Waals surface area (Å²) >= 11 is 0. The van der Waals surface area contributed by atoms with Gasteiger partial charge in [0.05, 0.1) is 25.4 Å². The average Bonchev–Trinajstić information content (AvgIpc) is 2.92. The molecule has 0 aromatic rings. The van der Waals surface area contributed by atoms with Gasteiger partial charge in [0.25, 0.3) is 0 Å². The molecule has 1 aliphatic heterocycles. The smallest absolute Gasteiger partial charge is 0.186 e. The Bertz CT molecular complexity index is 1090. The lowest BCUT2D eigenvalue weighted by molar-refractivity contribution is -0.312. The maximum Gasteiger partial charge on any atom is 0.186 e. The lowest BCUT2D eigenvalue weighted by Crippen LogP contribution is -2.66. The fraction of sp³-hybridized carbons (Fsp3) is 0.943. The van der Waals surface area contributed by atoms with Crippen molar-refractivity contribution >= 4 is 0 Å². The van der Waals surface area contributed by atoms with Gasteiger partial charge in [0.15, 0.2) is 6.29 Å². The molecule has 1 saturated heterocycles. The quantitative estimate of drug-likeness (QED) is 0.241. The topological polar surface area (TPSA) is 120 Å². The van der Waals surface area contributed by atoms with Gasteiger partial charge in [0.1, 0.15) is 18.3 Å². The molecule has 7 nitrogen and oxygen atoms in total. The molecule has 2 unspecified atom stereocenters. The van der Waals surface area contributed by atoms with Crippen LogP contribution in [0.25, 0.3) is 0 Å². The van der Waals surface area contributed by atoms with Crippen LogP contribution in [0.15, 0.2) is 11.6 Å². The molecule has 5 N–H and O–H groups in total. The average molecular weight is 591 g/mol. The molecule has 1 heterocycles. The minimum Gasteiger partial charge on any atom is -0.396 e. The van der Waals surface area contributed by atoms with Crippen LogP contribution in [0.2, 0.25) is 0 Å². The zero-order valence-electron chi connectivity index (χ0n) is 27.1. The summed E-state index contributed by atoms with van der Waals surface area (Å²) in [6, 6.07) is 0. The van der Waals surface area contributed by atoms with Crippen LogP contribution >= 0.6 is 0 Å². The van der Waals surface area contributed by atoms with Crippen LogP contribution in [0, 0.1) is 50.2 Å². The molecule has 0 aromatic heterocycles. The molecule has 7 heteroatoms. The zero-order chi connectivity index (χ0) is 30.7. The number of hydrogen-bond donors (Lipinski definition) is 5. The third-order valence-electron chi connectivity index (χ3n) is 15.0. The molecular weight excluding hydrogens is 532 g/mol. The summed E-state index contributed by atoms with van der Waals surface area (Å²) in [7, 11) is 0. The first kappa shape index (κ1) is 31.4. The van der Waals surface area contributed by atoms with E-state index in [2.05, 4.69) is 54.5 Å². The first-order valence-electron chi connectivity index (χ1n) is 16.8. The third-order valence-corrected chi connectivity index (χ3v) is 15.0. The lowest BCUT2D eigenvalue weighted by Gasteiger charge is -2.72. The first-order valence-corrected chi connectivity index (χ1v) is 16.8. The predicted molar refractivity (Wildman–Crippen MR) is 160 cm³/mol. The van der Waals surface area contributed by atoms with Crippen LogP contribution in [0.5, 0.6) is 0 Å². The Labute approximate surface area is 253 Å². The molecule has 6 rings (SSSR count). The molecule has 6 aliphatic rings. The zero-order valence-corrected chi connectivity index (χ0v) is 27.1. The van der Waals surface area contributed by atoms with Crippen LogP contribution in [0.3, 0.4) is 0 Å². The van der Waals surface area contributed by atoms with Crippen molar-refractivity contribution in [1.82, 2.24) is 0 Å². The molecule has 4 saturated carbocycles. The monoisotopic (exact) mass is 590 g/mol. The van der Waals surface area contributed by atoms with E-state index in [0.29, 0.717) is 11.8 Å². The summed E-state index contributed by atoms with van der Waals surface area (Å²) < 4.78 is 12.0. The second kappa shape index (κ2) is 9.98. The van der Waals surface area contributed by atoms with Gasteiger partial charge >= 0.3 is 0 Å². The number of fused-ring (bicyclic) bond motifs is 7. The van der Waals surface area contributed by atoms with Crippen molar-refractivity contribution in [3.05, 3.63) is 11.6 Å². The van der Waals surface area contributed by atoms with Crippen molar-refractivity contribution < 1.29 is 35.0 Å². The van der Waals surface area contributed by atoms with Gasteiger partial charge in [-0.2, -0.15) is 0 Å². The van der Waals surface area contributed by atoms with E-state index in [9.17, 15) is 25.5 Å². The van der Waals surface area contributed by atoms with Gasteiger partial charge in [0.2, 0.25) is 0 Å². The van der Waals surface area contributed by atoms with Crippen LogP contribution in [-0.2, 0) is 9.47 Å². The molecule has 5 fully saturated rings. The molecular formula is C35H58O7. The van der Waals surface area contributed by atoms with Crippen molar-refractivity contribution in [2.24, 2.45) is 50.2 Å². The lowest BCUT2D eigenvalue weighted by atomic mass is 9.33. The second-order valence-electron chi connectivity index (χ2n) is 17.5. The second-order valence-corrected chi connectivity index (χ2v) is 17.5. The summed E-state index contributed by atoms with van der Waals surface area (Å²) in [6.45, 7) is 16.6. The van der Waals surface area contributed by atoms with Gasteiger partial charge in [-0.1, -0.05) is 60.1 Å². The Morgan fingerprint density at radius 2 is 1.55 bits per heavy atom. The number of aliphatic hydroxyl groups is 5. The normalized spacial score (nSPS) is 57.2. The molecule has 0 aromatic carbocycles. The Hall–Kier alpha value is -0.540. The third kappa shape index (κ3) is 4.16. The largest absolute Gasteiger partial charge is 0.396 e. The van der Waals surface area contributed by atoms with Crippen molar-refractivity contribution in [2.75, 3.05) is 13.2 Å². The summed E-state index contributed by atoms with van der Waals surface area (Å²) in [5, 5.41) is 53.2. The number of allylic oxidation sites excluding steroid dienone is 2. The number of aliphatic hydroxyl groups excluding tert-OH is 5. The van der Waals surface area contributed by atoms with E-state index in [1.54, 1.807) is 5.57 Å². The highest BCUT2D eigenvalue weighted by Crippen LogP contribution is 2.75. The molecule has 0 bridgehead atoms. The maximum atomic E-state index is 11.4. The molecule has 14 atom stereocenters. The Balaban J connectivity index is 1.31. The highest BCUT2D eigenvalue weighted by atomic mass is 16.7. The Kier molecular flexibility index (Phi) is 7.47. The fourth-order valence-electron chi connectivity index (χ4n) is 12.0. The maximum absolute atomic E-state index is 11.4. The summed E-state index contributed by atoms with van der Waals surface area (Å²) in [5.74, 6) is 1.13. The van der Waals surface area contributed by atoms with Crippen LogP contribution in [-0.4, -0.2) is 75.6 Å². The van der Waals surface area contributed by atoms with E-state index in [-0.39, 0.29) is 58.4 Å². The number of ether oxygens (including phenoxy) is 2. The van der Waals surface area contributed by atoms with Gasteiger partial charge < -0.3 is 35.0 Å². The molecule has 42 heavy (non-hydrogen) atoms. The van der Waals surface area contributed by atoms with Crippen molar-refractivity contribution in [1.29, 1.82) is 0 Å². The van der Waals surface area contributed by atoms with Crippen molar-refractivity contribution in [3.8, 4) is 0 Å². The molecule has 0 amide bonds. The summed E-state index contributed by atoms with van der Waals surface area (Å²) in [5.41, 5.74) is 1.41. The van der Waals surface area contributed by atoms with Crippen molar-refractivity contribution in [2.45, 2.75) is 143 Å². The Morgan fingerprint density at radius 1 is 0.833 bits per heavy atom. The highest BCUT2D eigenvalue weighted by molar-refractivity contribution is 5.34. The van der Waals surface area contributed by atoms with E-state index >= 15 is 0 Å².